The standard InChI is InChI=1S/C12H15N5O2/c1-7-4-9(11(12(18)19)8(2)15-7)13-5-10-14-6-17(3)16-10/h4,6H,5H2,1-3H3,(H,13,15)(H,18,19). The first kappa shape index (κ1) is 13.0. The molecule has 7 heteroatoms. The Morgan fingerprint density at radius 1 is 1.47 bits per heavy atom. The van der Waals surface area contributed by atoms with E-state index in [1.807, 2.05) is 6.92 Å². The summed E-state index contributed by atoms with van der Waals surface area (Å²) in [6.45, 7) is 3.87. The van der Waals surface area contributed by atoms with E-state index in [0.717, 1.165) is 5.69 Å². The van der Waals surface area contributed by atoms with E-state index >= 15 is 0 Å². The summed E-state index contributed by atoms with van der Waals surface area (Å²) < 4.78 is 1.60. The Morgan fingerprint density at radius 2 is 2.21 bits per heavy atom. The van der Waals surface area contributed by atoms with Crippen LogP contribution in [0.1, 0.15) is 27.6 Å². The van der Waals surface area contributed by atoms with E-state index in [9.17, 15) is 9.90 Å². The van der Waals surface area contributed by atoms with E-state index in [1.54, 1.807) is 31.0 Å². The molecule has 0 aliphatic heterocycles. The van der Waals surface area contributed by atoms with Crippen molar-refractivity contribution in [3.8, 4) is 0 Å². The summed E-state index contributed by atoms with van der Waals surface area (Å²) in [5, 5.41) is 16.4. The van der Waals surface area contributed by atoms with E-state index < -0.39 is 5.97 Å². The smallest absolute Gasteiger partial charge is 0.339 e. The Labute approximate surface area is 110 Å². The van der Waals surface area contributed by atoms with Gasteiger partial charge in [0.2, 0.25) is 0 Å². The van der Waals surface area contributed by atoms with E-state index in [0.29, 0.717) is 23.8 Å². The normalized spacial score (nSPS) is 10.5. The third-order valence-electron chi connectivity index (χ3n) is 2.63. The van der Waals surface area contributed by atoms with Crippen molar-refractivity contribution in [2.45, 2.75) is 20.4 Å². The zero-order chi connectivity index (χ0) is 14.0. The summed E-state index contributed by atoms with van der Waals surface area (Å²) in [5.74, 6) is -0.396. The summed E-state index contributed by atoms with van der Waals surface area (Å²) in [4.78, 5) is 19.5. The highest BCUT2D eigenvalue weighted by Gasteiger charge is 2.15. The maximum atomic E-state index is 11.3. The molecule has 2 aromatic rings. The van der Waals surface area contributed by atoms with Gasteiger partial charge in [0.15, 0.2) is 5.82 Å². The van der Waals surface area contributed by atoms with E-state index in [4.69, 9.17) is 0 Å². The average molecular weight is 261 g/mol. The molecule has 0 aliphatic carbocycles. The third-order valence-corrected chi connectivity index (χ3v) is 2.63. The zero-order valence-corrected chi connectivity index (χ0v) is 11.0. The fraction of sp³-hybridized carbons (Fsp3) is 0.333. The average Bonchev–Trinajstić information content (AvgIpc) is 2.71. The van der Waals surface area contributed by atoms with E-state index in [2.05, 4.69) is 20.4 Å². The maximum absolute atomic E-state index is 11.3. The van der Waals surface area contributed by atoms with Crippen LogP contribution in [-0.2, 0) is 13.6 Å². The van der Waals surface area contributed by atoms with Crippen molar-refractivity contribution in [3.63, 3.8) is 0 Å². The summed E-state index contributed by atoms with van der Waals surface area (Å²) in [7, 11) is 1.78. The number of aryl methyl sites for hydroxylation is 3. The predicted molar refractivity (Wildman–Crippen MR) is 69.0 cm³/mol. The van der Waals surface area contributed by atoms with Gasteiger partial charge in [-0.1, -0.05) is 0 Å². The molecule has 100 valence electrons. The summed E-state index contributed by atoms with van der Waals surface area (Å²) in [5.41, 5.74) is 1.97. The number of aromatic nitrogens is 4. The second kappa shape index (κ2) is 5.05. The highest BCUT2D eigenvalue weighted by molar-refractivity contribution is 5.95. The molecular weight excluding hydrogens is 246 g/mol. The lowest BCUT2D eigenvalue weighted by atomic mass is 10.1. The Kier molecular flexibility index (Phi) is 3.46. The quantitative estimate of drug-likeness (QED) is 0.857. The molecule has 19 heavy (non-hydrogen) atoms. The molecule has 2 N–H and O–H groups in total. The molecule has 2 rings (SSSR count). The highest BCUT2D eigenvalue weighted by atomic mass is 16.4. The molecule has 0 unspecified atom stereocenters. The van der Waals surface area contributed by atoms with Crippen molar-refractivity contribution in [1.29, 1.82) is 0 Å². The van der Waals surface area contributed by atoms with Gasteiger partial charge in [-0.25, -0.2) is 9.78 Å². The second-order valence-electron chi connectivity index (χ2n) is 4.26. The van der Waals surface area contributed by atoms with Crippen LogP contribution in [0, 0.1) is 13.8 Å². The minimum absolute atomic E-state index is 0.182. The summed E-state index contributed by atoms with van der Waals surface area (Å²) in [6, 6.07) is 1.71. The second-order valence-corrected chi connectivity index (χ2v) is 4.26. The van der Waals surface area contributed by atoms with Crippen molar-refractivity contribution in [2.75, 3.05) is 5.32 Å². The van der Waals surface area contributed by atoms with Gasteiger partial charge in [0, 0.05) is 12.7 Å². The number of nitrogens with zero attached hydrogens (tertiary/aromatic N) is 4. The molecule has 0 spiro atoms. The molecule has 0 aliphatic rings. The molecule has 2 aromatic heterocycles. The van der Waals surface area contributed by atoms with Crippen LogP contribution in [0.2, 0.25) is 0 Å². The molecule has 0 saturated carbocycles. The minimum atomic E-state index is -0.999. The Morgan fingerprint density at radius 3 is 2.79 bits per heavy atom. The van der Waals surface area contributed by atoms with Crippen LogP contribution >= 0.6 is 0 Å². The van der Waals surface area contributed by atoms with Gasteiger partial charge in [-0.2, -0.15) is 5.10 Å². The van der Waals surface area contributed by atoms with Gasteiger partial charge >= 0.3 is 5.97 Å². The number of aromatic carboxylic acids is 1. The number of anilines is 1. The number of hydrogen-bond acceptors (Lipinski definition) is 5. The van der Waals surface area contributed by atoms with Crippen molar-refractivity contribution < 1.29 is 9.90 Å². The number of carboxylic acid groups (broad SMARTS) is 1. The van der Waals surface area contributed by atoms with Gasteiger partial charge < -0.3 is 10.4 Å². The van der Waals surface area contributed by atoms with Crippen molar-refractivity contribution in [1.82, 2.24) is 19.7 Å². The maximum Gasteiger partial charge on any atom is 0.339 e. The molecule has 0 atom stereocenters. The number of hydrogen-bond donors (Lipinski definition) is 2. The lowest BCUT2D eigenvalue weighted by molar-refractivity contribution is 0.0696. The van der Waals surface area contributed by atoms with Crippen molar-refractivity contribution in [3.05, 3.63) is 35.2 Å². The van der Waals surface area contributed by atoms with Gasteiger partial charge in [0.1, 0.15) is 11.9 Å². The lowest BCUT2D eigenvalue weighted by Crippen LogP contribution is -2.11. The van der Waals surface area contributed by atoms with Gasteiger partial charge in [0.05, 0.1) is 17.9 Å². The molecular formula is C12H15N5O2. The zero-order valence-electron chi connectivity index (χ0n) is 11.0. The van der Waals surface area contributed by atoms with E-state index in [-0.39, 0.29) is 5.56 Å². The molecule has 0 saturated heterocycles. The van der Waals surface area contributed by atoms with Gasteiger partial charge in [-0.3, -0.25) is 9.67 Å². The fourth-order valence-corrected chi connectivity index (χ4v) is 1.88. The highest BCUT2D eigenvalue weighted by Crippen LogP contribution is 2.20. The number of pyridine rings is 1. The number of nitrogens with one attached hydrogen (secondary N) is 1. The van der Waals surface area contributed by atoms with Crippen LogP contribution in [0.15, 0.2) is 12.4 Å². The number of carboxylic acids is 1. The number of carbonyl (C=O) groups is 1. The van der Waals surface area contributed by atoms with Crippen molar-refractivity contribution >= 4 is 11.7 Å². The molecule has 2 heterocycles. The number of rotatable bonds is 4. The Hall–Kier alpha value is -2.44. The summed E-state index contributed by atoms with van der Waals surface area (Å²) in [6.07, 6.45) is 1.60. The largest absolute Gasteiger partial charge is 0.478 e. The Balaban J connectivity index is 2.26. The van der Waals surface area contributed by atoms with Crippen LogP contribution in [0.25, 0.3) is 0 Å². The molecule has 0 radical (unpaired) electrons. The van der Waals surface area contributed by atoms with Gasteiger partial charge in [0.25, 0.3) is 0 Å². The van der Waals surface area contributed by atoms with Crippen LogP contribution < -0.4 is 5.32 Å². The minimum Gasteiger partial charge on any atom is -0.478 e. The predicted octanol–water partition coefficient (Wildman–Crippen LogP) is 1.14. The first-order chi connectivity index (χ1) is 8.97. The van der Waals surface area contributed by atoms with Crippen LogP contribution in [-0.4, -0.2) is 30.8 Å². The summed E-state index contributed by atoms with van der Waals surface area (Å²) >= 11 is 0. The van der Waals surface area contributed by atoms with Gasteiger partial charge in [-0.15, -0.1) is 0 Å². The monoisotopic (exact) mass is 261 g/mol. The molecule has 0 aromatic carbocycles. The lowest BCUT2D eigenvalue weighted by Gasteiger charge is -2.11. The van der Waals surface area contributed by atoms with Crippen LogP contribution in [0.3, 0.4) is 0 Å². The van der Waals surface area contributed by atoms with Crippen LogP contribution in [0.4, 0.5) is 5.69 Å². The molecule has 7 nitrogen and oxygen atoms in total. The van der Waals surface area contributed by atoms with Crippen LogP contribution in [0.5, 0.6) is 0 Å². The molecule has 0 bridgehead atoms. The Bertz CT molecular complexity index is 621. The fourth-order valence-electron chi connectivity index (χ4n) is 1.88. The first-order valence-corrected chi connectivity index (χ1v) is 5.77. The third kappa shape index (κ3) is 2.87. The SMILES string of the molecule is Cc1cc(NCc2ncn(C)n2)c(C(=O)O)c(C)n1. The topological polar surface area (TPSA) is 92.9 Å². The first-order valence-electron chi connectivity index (χ1n) is 5.77. The molecule has 0 amide bonds. The van der Waals surface area contributed by atoms with E-state index in [1.165, 1.54) is 0 Å². The molecule has 0 fully saturated rings. The van der Waals surface area contributed by atoms with Gasteiger partial charge in [-0.05, 0) is 19.9 Å². The van der Waals surface area contributed by atoms with Crippen molar-refractivity contribution in [2.24, 2.45) is 7.05 Å².